The molecule has 1 saturated heterocycles. The van der Waals surface area contributed by atoms with Gasteiger partial charge in [0.2, 0.25) is 0 Å². The largest absolute Gasteiger partial charge is 0.442 e. The van der Waals surface area contributed by atoms with Gasteiger partial charge in [-0.15, -0.1) is 5.10 Å². The Kier molecular flexibility index (Phi) is 4.77. The standard InChI is InChI=1S/C18H13F2IN4O2/c19-14-4-2-1-3-13(14)17-10-24(23-22-17)8-12-9-25(18(26)27-12)11-5-6-16(21)15(20)7-11/h1-7,10,12H,8-9H2/t12-/m0/s1. The van der Waals surface area contributed by atoms with Crippen molar-refractivity contribution in [3.63, 3.8) is 0 Å². The van der Waals surface area contributed by atoms with Crippen molar-refractivity contribution in [2.75, 3.05) is 11.4 Å². The van der Waals surface area contributed by atoms with Crippen molar-refractivity contribution >= 4 is 34.4 Å². The van der Waals surface area contributed by atoms with Gasteiger partial charge in [-0.1, -0.05) is 17.3 Å². The highest BCUT2D eigenvalue weighted by molar-refractivity contribution is 14.1. The second-order valence-electron chi connectivity index (χ2n) is 6.02. The number of benzene rings is 2. The van der Waals surface area contributed by atoms with E-state index in [0.29, 0.717) is 20.5 Å². The van der Waals surface area contributed by atoms with Crippen LogP contribution in [0.1, 0.15) is 0 Å². The number of ether oxygens (including phenoxy) is 1. The highest BCUT2D eigenvalue weighted by Crippen LogP contribution is 2.25. The number of halogens is 3. The molecule has 0 N–H and O–H groups in total. The number of aromatic nitrogens is 3. The van der Waals surface area contributed by atoms with Gasteiger partial charge in [-0.3, -0.25) is 4.90 Å². The molecular weight excluding hydrogens is 469 g/mol. The smallest absolute Gasteiger partial charge is 0.414 e. The van der Waals surface area contributed by atoms with Crippen LogP contribution in [0.4, 0.5) is 19.3 Å². The van der Waals surface area contributed by atoms with Gasteiger partial charge in [0.05, 0.1) is 25.0 Å². The Morgan fingerprint density at radius 2 is 2.00 bits per heavy atom. The van der Waals surface area contributed by atoms with E-state index >= 15 is 0 Å². The molecule has 1 fully saturated rings. The van der Waals surface area contributed by atoms with Gasteiger partial charge in [-0.05, 0) is 52.9 Å². The number of amides is 1. The van der Waals surface area contributed by atoms with Crippen LogP contribution in [0.25, 0.3) is 11.3 Å². The maximum Gasteiger partial charge on any atom is 0.414 e. The van der Waals surface area contributed by atoms with Gasteiger partial charge in [-0.25, -0.2) is 18.3 Å². The summed E-state index contributed by atoms with van der Waals surface area (Å²) in [6.07, 6.45) is 0.574. The monoisotopic (exact) mass is 482 g/mol. The van der Waals surface area contributed by atoms with Gasteiger partial charge in [0.25, 0.3) is 0 Å². The Morgan fingerprint density at radius 1 is 1.19 bits per heavy atom. The van der Waals surface area contributed by atoms with Gasteiger partial charge < -0.3 is 4.74 Å². The van der Waals surface area contributed by atoms with Crippen LogP contribution in [0.15, 0.2) is 48.7 Å². The number of anilines is 1. The fourth-order valence-corrected chi connectivity index (χ4v) is 3.20. The molecule has 2 heterocycles. The summed E-state index contributed by atoms with van der Waals surface area (Å²) in [4.78, 5) is 13.5. The predicted molar refractivity (Wildman–Crippen MR) is 102 cm³/mol. The second kappa shape index (κ2) is 7.22. The van der Waals surface area contributed by atoms with Gasteiger partial charge in [0.1, 0.15) is 23.4 Å². The first-order valence-corrected chi connectivity index (χ1v) is 9.17. The topological polar surface area (TPSA) is 60.3 Å². The van der Waals surface area contributed by atoms with Crippen LogP contribution in [0.5, 0.6) is 0 Å². The molecule has 9 heteroatoms. The number of carbonyl (C=O) groups is 1. The zero-order valence-corrected chi connectivity index (χ0v) is 16.0. The Bertz CT molecular complexity index is 1010. The first-order chi connectivity index (χ1) is 13.0. The van der Waals surface area contributed by atoms with E-state index in [1.165, 1.54) is 21.7 Å². The molecule has 1 amide bonds. The number of nitrogens with zero attached hydrogens (tertiary/aromatic N) is 4. The summed E-state index contributed by atoms with van der Waals surface area (Å²) in [5.74, 6) is -0.779. The lowest BCUT2D eigenvalue weighted by Gasteiger charge is -2.13. The van der Waals surface area contributed by atoms with Crippen LogP contribution in [0.3, 0.4) is 0 Å². The van der Waals surface area contributed by atoms with Crippen molar-refractivity contribution in [2.24, 2.45) is 0 Å². The highest BCUT2D eigenvalue weighted by Gasteiger charge is 2.33. The SMILES string of the molecule is O=C1O[C@@H](Cn2cc(-c3ccccc3F)nn2)CN1c1ccc(I)c(F)c1. The summed E-state index contributed by atoms with van der Waals surface area (Å²) >= 11 is 1.88. The van der Waals surface area contributed by atoms with Gasteiger partial charge in [-0.2, -0.15) is 0 Å². The maximum absolute atomic E-state index is 13.9. The summed E-state index contributed by atoms with van der Waals surface area (Å²) in [5, 5.41) is 7.95. The van der Waals surface area contributed by atoms with Gasteiger partial charge in [0.15, 0.2) is 0 Å². The predicted octanol–water partition coefficient (Wildman–Crippen LogP) is 3.85. The minimum atomic E-state index is -0.546. The molecule has 27 heavy (non-hydrogen) atoms. The molecule has 6 nitrogen and oxygen atoms in total. The lowest BCUT2D eigenvalue weighted by Crippen LogP contribution is -2.26. The summed E-state index contributed by atoms with van der Waals surface area (Å²) in [6, 6.07) is 10.9. The number of carbonyl (C=O) groups excluding carboxylic acids is 1. The van der Waals surface area contributed by atoms with Crippen LogP contribution < -0.4 is 4.90 Å². The Morgan fingerprint density at radius 3 is 2.78 bits per heavy atom. The fraction of sp³-hybridized carbons (Fsp3) is 0.167. The van der Waals surface area contributed by atoms with Crippen LogP contribution in [-0.4, -0.2) is 33.7 Å². The molecule has 0 radical (unpaired) electrons. The molecule has 138 valence electrons. The van der Waals surface area contributed by atoms with Crippen molar-refractivity contribution < 1.29 is 18.3 Å². The van der Waals surface area contributed by atoms with E-state index < -0.39 is 18.0 Å². The van der Waals surface area contributed by atoms with Crippen LogP contribution >= 0.6 is 22.6 Å². The van der Waals surface area contributed by atoms with E-state index in [1.54, 1.807) is 36.5 Å². The van der Waals surface area contributed by atoms with Gasteiger partial charge in [0, 0.05) is 9.13 Å². The van der Waals surface area contributed by atoms with E-state index in [0.717, 1.165) is 0 Å². The molecule has 0 bridgehead atoms. The fourth-order valence-electron chi connectivity index (χ4n) is 2.87. The molecular formula is C18H13F2IN4O2. The van der Waals surface area contributed by atoms with Crippen molar-refractivity contribution in [3.05, 3.63) is 63.9 Å². The number of hydrogen-bond acceptors (Lipinski definition) is 4. The third kappa shape index (κ3) is 3.64. The molecule has 3 aromatic rings. The lowest BCUT2D eigenvalue weighted by atomic mass is 10.1. The molecule has 0 aliphatic carbocycles. The molecule has 0 spiro atoms. The van der Waals surface area contributed by atoms with E-state index in [-0.39, 0.29) is 18.9 Å². The van der Waals surface area contributed by atoms with Crippen molar-refractivity contribution in [1.29, 1.82) is 0 Å². The second-order valence-corrected chi connectivity index (χ2v) is 7.18. The van der Waals surface area contributed by atoms with Crippen molar-refractivity contribution in [1.82, 2.24) is 15.0 Å². The van der Waals surface area contributed by atoms with Crippen molar-refractivity contribution in [2.45, 2.75) is 12.6 Å². The van der Waals surface area contributed by atoms with Crippen molar-refractivity contribution in [3.8, 4) is 11.3 Å². The summed E-state index contributed by atoms with van der Waals surface area (Å²) < 4.78 is 34.9. The minimum Gasteiger partial charge on any atom is -0.442 e. The van der Waals surface area contributed by atoms with Crippen LogP contribution in [0, 0.1) is 15.2 Å². The maximum atomic E-state index is 13.9. The van der Waals surface area contributed by atoms with E-state index in [2.05, 4.69) is 10.3 Å². The summed E-state index contributed by atoms with van der Waals surface area (Å²) in [5.41, 5.74) is 1.18. The molecule has 1 aliphatic rings. The first-order valence-electron chi connectivity index (χ1n) is 8.09. The molecule has 0 unspecified atom stereocenters. The minimum absolute atomic E-state index is 0.258. The van der Waals surface area contributed by atoms with Crippen LogP contribution in [0.2, 0.25) is 0 Å². The average Bonchev–Trinajstić information content (AvgIpc) is 3.25. The van der Waals surface area contributed by atoms with Gasteiger partial charge >= 0.3 is 6.09 Å². The zero-order chi connectivity index (χ0) is 19.0. The Balaban J connectivity index is 1.47. The normalized spacial score (nSPS) is 16.6. The highest BCUT2D eigenvalue weighted by atomic mass is 127. The Labute approximate surface area is 166 Å². The third-order valence-electron chi connectivity index (χ3n) is 4.17. The zero-order valence-electron chi connectivity index (χ0n) is 13.8. The Hall–Kier alpha value is -2.56. The first kappa shape index (κ1) is 17.8. The lowest BCUT2D eigenvalue weighted by molar-refractivity contribution is 0.129. The summed E-state index contributed by atoms with van der Waals surface area (Å²) in [6.45, 7) is 0.518. The summed E-state index contributed by atoms with van der Waals surface area (Å²) in [7, 11) is 0. The van der Waals surface area contributed by atoms with Crippen LogP contribution in [-0.2, 0) is 11.3 Å². The molecule has 0 saturated carbocycles. The molecule has 2 aromatic carbocycles. The number of rotatable bonds is 4. The molecule has 1 aliphatic heterocycles. The van der Waals surface area contributed by atoms with E-state index in [1.807, 2.05) is 22.6 Å². The quantitative estimate of drug-likeness (QED) is 0.531. The van der Waals surface area contributed by atoms with E-state index in [4.69, 9.17) is 4.74 Å². The number of hydrogen-bond donors (Lipinski definition) is 0. The molecule has 4 rings (SSSR count). The molecule has 1 atom stereocenters. The average molecular weight is 482 g/mol. The van der Waals surface area contributed by atoms with E-state index in [9.17, 15) is 13.6 Å². The third-order valence-corrected chi connectivity index (χ3v) is 5.04. The number of cyclic esters (lactones) is 1. The molecule has 1 aromatic heterocycles.